The molecule has 2 rings (SSSR count). The first-order valence-corrected chi connectivity index (χ1v) is 7.27. The molecule has 0 spiro atoms. The second kappa shape index (κ2) is 4.49. The lowest BCUT2D eigenvalue weighted by molar-refractivity contribution is -0.119. The third-order valence-corrected chi connectivity index (χ3v) is 4.36. The summed E-state index contributed by atoms with van der Waals surface area (Å²) in [6.45, 7) is 2.06. The summed E-state index contributed by atoms with van der Waals surface area (Å²) < 4.78 is 24.9. The molecule has 1 amide bonds. The van der Waals surface area contributed by atoms with Crippen LogP contribution in [0.2, 0.25) is 0 Å². The minimum Gasteiger partial charge on any atom is -0.274 e. The summed E-state index contributed by atoms with van der Waals surface area (Å²) in [7, 11) is -3.44. The van der Waals surface area contributed by atoms with Crippen molar-refractivity contribution in [1.82, 2.24) is 4.72 Å². The van der Waals surface area contributed by atoms with Gasteiger partial charge in [-0.15, -0.1) is 0 Å². The lowest BCUT2D eigenvalue weighted by atomic mass is 9.96. The van der Waals surface area contributed by atoms with Crippen LogP contribution in [0, 0.1) is 0 Å². The fourth-order valence-electron chi connectivity index (χ4n) is 2.04. The van der Waals surface area contributed by atoms with Gasteiger partial charge in [-0.1, -0.05) is 31.2 Å². The summed E-state index contributed by atoms with van der Waals surface area (Å²) >= 11 is 0. The van der Waals surface area contributed by atoms with Crippen LogP contribution >= 0.6 is 0 Å². The molecule has 4 nitrogen and oxygen atoms in total. The summed E-state index contributed by atoms with van der Waals surface area (Å²) in [6.07, 6.45) is 1.19. The third-order valence-electron chi connectivity index (χ3n) is 2.98. The van der Waals surface area contributed by atoms with Crippen molar-refractivity contribution < 1.29 is 13.2 Å². The molecule has 1 saturated heterocycles. The van der Waals surface area contributed by atoms with E-state index in [2.05, 4.69) is 6.92 Å². The zero-order valence-corrected chi connectivity index (χ0v) is 10.5. The molecule has 0 aliphatic carbocycles. The molecule has 1 aromatic carbocycles. The van der Waals surface area contributed by atoms with E-state index in [0.29, 0.717) is 0 Å². The molecule has 0 saturated carbocycles. The molecule has 1 aliphatic heterocycles. The number of sulfonamides is 1. The van der Waals surface area contributed by atoms with Gasteiger partial charge in [0.05, 0.1) is 5.75 Å². The molecule has 0 bridgehead atoms. The van der Waals surface area contributed by atoms with E-state index in [1.807, 2.05) is 29.0 Å². The summed E-state index contributed by atoms with van der Waals surface area (Å²) in [5.41, 5.74) is 2.12. The van der Waals surface area contributed by atoms with E-state index in [9.17, 15) is 13.2 Å². The van der Waals surface area contributed by atoms with Crippen molar-refractivity contribution >= 4 is 15.9 Å². The molecule has 1 atom stereocenters. The molecule has 1 heterocycles. The third kappa shape index (κ3) is 2.85. The molecule has 1 unspecified atom stereocenters. The molecule has 1 fully saturated rings. The normalized spacial score (nSPS) is 23.1. The highest BCUT2D eigenvalue weighted by molar-refractivity contribution is 7.90. The van der Waals surface area contributed by atoms with E-state index < -0.39 is 15.9 Å². The first kappa shape index (κ1) is 12.1. The highest BCUT2D eigenvalue weighted by Crippen LogP contribution is 2.25. The average molecular weight is 253 g/mol. The molecule has 5 heteroatoms. The Bertz CT molecular complexity index is 519. The molecule has 0 radical (unpaired) electrons. The monoisotopic (exact) mass is 253 g/mol. The Labute approximate surface area is 101 Å². The lowest BCUT2D eigenvalue weighted by Crippen LogP contribution is -2.40. The van der Waals surface area contributed by atoms with E-state index in [4.69, 9.17) is 0 Å². The van der Waals surface area contributed by atoms with E-state index in [1.165, 1.54) is 5.56 Å². The van der Waals surface area contributed by atoms with Gasteiger partial charge in [-0.3, -0.25) is 9.52 Å². The van der Waals surface area contributed by atoms with Gasteiger partial charge in [0.1, 0.15) is 0 Å². The zero-order chi connectivity index (χ0) is 12.5. The van der Waals surface area contributed by atoms with Crippen LogP contribution in [-0.4, -0.2) is 20.1 Å². The quantitative estimate of drug-likeness (QED) is 0.861. The molecule has 0 aromatic heterocycles. The number of benzene rings is 1. The maximum absolute atomic E-state index is 11.4. The van der Waals surface area contributed by atoms with Gasteiger partial charge in [0, 0.05) is 12.3 Å². The van der Waals surface area contributed by atoms with Crippen molar-refractivity contribution in [1.29, 1.82) is 0 Å². The van der Waals surface area contributed by atoms with Gasteiger partial charge in [0.25, 0.3) is 0 Å². The second-order valence-corrected chi connectivity index (χ2v) is 6.07. The van der Waals surface area contributed by atoms with Crippen LogP contribution in [0.3, 0.4) is 0 Å². The predicted octanol–water partition coefficient (Wildman–Crippen LogP) is 1.18. The second-order valence-electron chi connectivity index (χ2n) is 4.30. The highest BCUT2D eigenvalue weighted by Gasteiger charge is 2.30. The first-order chi connectivity index (χ1) is 8.00. The van der Waals surface area contributed by atoms with Crippen LogP contribution in [0.1, 0.15) is 30.4 Å². The highest BCUT2D eigenvalue weighted by atomic mass is 32.2. The van der Waals surface area contributed by atoms with Crippen molar-refractivity contribution in [2.24, 2.45) is 0 Å². The van der Waals surface area contributed by atoms with Crippen molar-refractivity contribution in [2.45, 2.75) is 25.7 Å². The fourth-order valence-corrected chi connectivity index (χ4v) is 3.40. The van der Waals surface area contributed by atoms with Crippen LogP contribution < -0.4 is 4.72 Å². The Morgan fingerprint density at radius 2 is 1.94 bits per heavy atom. The number of rotatable bonds is 2. The van der Waals surface area contributed by atoms with E-state index in [-0.39, 0.29) is 18.1 Å². The maximum Gasteiger partial charge on any atom is 0.235 e. The summed E-state index contributed by atoms with van der Waals surface area (Å²) in [5, 5.41) is 0. The number of nitrogens with one attached hydrogen (secondary N) is 1. The van der Waals surface area contributed by atoms with Gasteiger partial charge in [0.15, 0.2) is 0 Å². The summed E-state index contributed by atoms with van der Waals surface area (Å²) in [6, 6.07) is 7.79. The lowest BCUT2D eigenvalue weighted by Gasteiger charge is -2.22. The smallest absolute Gasteiger partial charge is 0.235 e. The van der Waals surface area contributed by atoms with Crippen LogP contribution in [0.25, 0.3) is 0 Å². The Hall–Kier alpha value is -1.36. The molecule has 1 aromatic rings. The van der Waals surface area contributed by atoms with Gasteiger partial charge in [-0.2, -0.15) is 0 Å². The average Bonchev–Trinajstić information content (AvgIpc) is 2.26. The number of carbonyl (C=O) groups is 1. The molecule has 1 N–H and O–H groups in total. The van der Waals surface area contributed by atoms with Crippen LogP contribution in [0.4, 0.5) is 0 Å². The van der Waals surface area contributed by atoms with Crippen LogP contribution in [-0.2, 0) is 21.2 Å². The van der Waals surface area contributed by atoms with Crippen molar-refractivity contribution in [3.8, 4) is 0 Å². The number of amides is 1. The van der Waals surface area contributed by atoms with Crippen LogP contribution in [0.15, 0.2) is 24.3 Å². The van der Waals surface area contributed by atoms with E-state index >= 15 is 0 Å². The van der Waals surface area contributed by atoms with Gasteiger partial charge < -0.3 is 0 Å². The molecule has 92 valence electrons. The first-order valence-electron chi connectivity index (χ1n) is 5.62. The van der Waals surface area contributed by atoms with Gasteiger partial charge in [-0.05, 0) is 17.5 Å². The minimum atomic E-state index is -3.44. The van der Waals surface area contributed by atoms with Crippen molar-refractivity contribution in [3.63, 3.8) is 0 Å². The summed E-state index contributed by atoms with van der Waals surface area (Å²) in [4.78, 5) is 11.3. The number of aryl methyl sites for hydroxylation is 1. The van der Waals surface area contributed by atoms with Gasteiger partial charge >= 0.3 is 0 Å². The number of hydrogen-bond donors (Lipinski definition) is 1. The standard InChI is InChI=1S/C12H15NO3S/c1-2-9-3-5-10(6-4-9)11-7-12(14)13-17(15,16)8-11/h3-6,11H,2,7-8H2,1H3,(H,13,14). The number of hydrogen-bond acceptors (Lipinski definition) is 3. The van der Waals surface area contributed by atoms with E-state index in [1.54, 1.807) is 0 Å². The Kier molecular flexibility index (Phi) is 3.19. The topological polar surface area (TPSA) is 63.2 Å². The van der Waals surface area contributed by atoms with Crippen LogP contribution in [0.5, 0.6) is 0 Å². The largest absolute Gasteiger partial charge is 0.274 e. The maximum atomic E-state index is 11.4. The van der Waals surface area contributed by atoms with Crippen molar-refractivity contribution in [3.05, 3.63) is 35.4 Å². The zero-order valence-electron chi connectivity index (χ0n) is 9.64. The predicted molar refractivity (Wildman–Crippen MR) is 65.1 cm³/mol. The Morgan fingerprint density at radius 1 is 1.29 bits per heavy atom. The van der Waals surface area contributed by atoms with E-state index in [0.717, 1.165) is 12.0 Å². The van der Waals surface area contributed by atoms with Gasteiger partial charge in [0.2, 0.25) is 15.9 Å². The SMILES string of the molecule is CCc1ccc(C2CC(=O)NS(=O)(=O)C2)cc1. The van der Waals surface area contributed by atoms with Gasteiger partial charge in [-0.25, -0.2) is 8.42 Å². The number of carbonyl (C=O) groups excluding carboxylic acids is 1. The fraction of sp³-hybridized carbons (Fsp3) is 0.417. The Morgan fingerprint density at radius 3 is 2.47 bits per heavy atom. The molecular formula is C12H15NO3S. The molecular weight excluding hydrogens is 238 g/mol. The van der Waals surface area contributed by atoms with Crippen molar-refractivity contribution in [2.75, 3.05) is 5.75 Å². The molecule has 1 aliphatic rings. The molecule has 17 heavy (non-hydrogen) atoms. The Balaban J connectivity index is 2.24. The minimum absolute atomic E-state index is 0.00971. The summed E-state index contributed by atoms with van der Waals surface area (Å²) in [5.74, 6) is -0.648.